The van der Waals surface area contributed by atoms with E-state index in [1.165, 1.54) is 23.2 Å². The Hall–Kier alpha value is -4.21. The van der Waals surface area contributed by atoms with Gasteiger partial charge in [-0.15, -0.1) is 0 Å². The van der Waals surface area contributed by atoms with E-state index in [0.29, 0.717) is 24.3 Å². The molecule has 1 fully saturated rings. The number of carbonyl (C=O) groups is 3. The fraction of sp³-hybridized carbons (Fsp3) is 0.259. The second kappa shape index (κ2) is 11.2. The molecule has 0 spiro atoms. The fourth-order valence-corrected chi connectivity index (χ4v) is 4.12. The van der Waals surface area contributed by atoms with Crippen molar-refractivity contribution in [1.29, 1.82) is 0 Å². The first-order valence-electron chi connectivity index (χ1n) is 11.8. The zero-order valence-electron chi connectivity index (χ0n) is 19.9. The van der Waals surface area contributed by atoms with Crippen molar-refractivity contribution in [3.8, 4) is 0 Å². The van der Waals surface area contributed by atoms with Crippen LogP contribution < -0.4 is 10.2 Å². The summed E-state index contributed by atoms with van der Waals surface area (Å²) in [5.74, 6) is -1.13. The number of rotatable bonds is 7. The molecule has 0 radical (unpaired) electrons. The van der Waals surface area contributed by atoms with Gasteiger partial charge in [0.05, 0.1) is 23.0 Å². The van der Waals surface area contributed by atoms with E-state index in [9.17, 15) is 27.6 Å². The number of aromatic nitrogens is 1. The van der Waals surface area contributed by atoms with E-state index in [-0.39, 0.29) is 25.5 Å². The first kappa shape index (κ1) is 25.9. The first-order chi connectivity index (χ1) is 17.7. The molecule has 3 aromatic rings. The van der Waals surface area contributed by atoms with Crippen LogP contribution in [0.25, 0.3) is 0 Å². The number of carbonyl (C=O) groups excluding carboxylic acids is 3. The Bertz CT molecular complexity index is 1260. The summed E-state index contributed by atoms with van der Waals surface area (Å²) in [7, 11) is 0. The van der Waals surface area contributed by atoms with Crippen molar-refractivity contribution in [2.45, 2.75) is 25.4 Å². The monoisotopic (exact) mass is 510 g/mol. The number of nitrogens with zero attached hydrogens (tertiary/aromatic N) is 3. The van der Waals surface area contributed by atoms with Crippen molar-refractivity contribution in [2.75, 3.05) is 29.9 Å². The third-order valence-electron chi connectivity index (χ3n) is 5.99. The van der Waals surface area contributed by atoms with E-state index in [1.807, 2.05) is 30.3 Å². The number of nitrogens with one attached hydrogen (secondary N) is 1. The fourth-order valence-electron chi connectivity index (χ4n) is 4.12. The van der Waals surface area contributed by atoms with Gasteiger partial charge in [0.1, 0.15) is 12.4 Å². The summed E-state index contributed by atoms with van der Waals surface area (Å²) in [5.41, 5.74) is 0.128. The van der Waals surface area contributed by atoms with Crippen LogP contribution in [0.5, 0.6) is 0 Å². The lowest BCUT2D eigenvalue weighted by molar-refractivity contribution is -0.138. The van der Waals surface area contributed by atoms with E-state index >= 15 is 0 Å². The molecule has 10 heteroatoms. The summed E-state index contributed by atoms with van der Waals surface area (Å²) < 4.78 is 39.9. The topological polar surface area (TPSA) is 82.6 Å². The Morgan fingerprint density at radius 3 is 2.35 bits per heavy atom. The Morgan fingerprint density at radius 2 is 1.68 bits per heavy atom. The van der Waals surface area contributed by atoms with Crippen LogP contribution in [0.2, 0.25) is 0 Å². The van der Waals surface area contributed by atoms with Gasteiger partial charge in [-0.25, -0.2) is 4.98 Å². The summed E-state index contributed by atoms with van der Waals surface area (Å²) in [5, 5.41) is 2.78. The Morgan fingerprint density at radius 1 is 0.946 bits per heavy atom. The van der Waals surface area contributed by atoms with Gasteiger partial charge in [-0.3, -0.25) is 19.3 Å². The summed E-state index contributed by atoms with van der Waals surface area (Å²) in [6.07, 6.45) is -1.39. The predicted molar refractivity (Wildman–Crippen MR) is 132 cm³/mol. The first-order valence-corrected chi connectivity index (χ1v) is 11.8. The Balaban J connectivity index is 1.31. The van der Waals surface area contributed by atoms with Crippen molar-refractivity contribution in [3.05, 3.63) is 89.6 Å². The molecule has 0 unspecified atom stereocenters. The Kier molecular flexibility index (Phi) is 7.86. The maximum atomic E-state index is 13.3. The molecule has 37 heavy (non-hydrogen) atoms. The van der Waals surface area contributed by atoms with Crippen LogP contribution in [0.1, 0.15) is 34.3 Å². The van der Waals surface area contributed by atoms with E-state index in [1.54, 1.807) is 12.1 Å². The third-order valence-corrected chi connectivity index (χ3v) is 5.99. The zero-order valence-corrected chi connectivity index (χ0v) is 19.9. The number of benzene rings is 2. The molecule has 0 bridgehead atoms. The van der Waals surface area contributed by atoms with Crippen LogP contribution in [-0.2, 0) is 22.2 Å². The molecular formula is C27H25F3N4O3. The average molecular weight is 511 g/mol. The molecule has 192 valence electrons. The molecule has 0 atom stereocenters. The van der Waals surface area contributed by atoms with E-state index < -0.39 is 29.1 Å². The highest BCUT2D eigenvalue weighted by Crippen LogP contribution is 2.32. The molecular weight excluding hydrogens is 485 g/mol. The quantitative estimate of drug-likeness (QED) is 0.506. The second-order valence-corrected chi connectivity index (χ2v) is 8.61. The lowest BCUT2D eigenvalue weighted by Crippen LogP contribution is -2.52. The van der Waals surface area contributed by atoms with Gasteiger partial charge in [0.2, 0.25) is 11.8 Å². The number of hydrogen-bond acceptors (Lipinski definition) is 4. The summed E-state index contributed by atoms with van der Waals surface area (Å²) >= 11 is 0. The predicted octanol–water partition coefficient (Wildman–Crippen LogP) is 4.55. The second-order valence-electron chi connectivity index (χ2n) is 8.61. The minimum absolute atomic E-state index is 0.0539. The van der Waals surface area contributed by atoms with Crippen LogP contribution in [0.4, 0.5) is 24.7 Å². The highest BCUT2D eigenvalue weighted by atomic mass is 19.4. The largest absolute Gasteiger partial charge is 0.417 e. The highest BCUT2D eigenvalue weighted by molar-refractivity contribution is 6.02. The molecule has 3 amide bonds. The van der Waals surface area contributed by atoms with Crippen molar-refractivity contribution >= 4 is 29.2 Å². The maximum Gasteiger partial charge on any atom is 0.417 e. The molecule has 2 aromatic carbocycles. The minimum atomic E-state index is -4.68. The van der Waals surface area contributed by atoms with Gasteiger partial charge in [-0.2, -0.15) is 13.2 Å². The molecule has 4 rings (SSSR count). The number of halogens is 3. The highest BCUT2D eigenvalue weighted by Gasteiger charge is 2.37. The van der Waals surface area contributed by atoms with E-state index in [0.717, 1.165) is 29.0 Å². The van der Waals surface area contributed by atoms with Crippen LogP contribution >= 0.6 is 0 Å². The molecule has 7 nitrogen and oxygen atoms in total. The molecule has 0 saturated carbocycles. The van der Waals surface area contributed by atoms with Gasteiger partial charge < -0.3 is 10.2 Å². The summed E-state index contributed by atoms with van der Waals surface area (Å²) in [6, 6.07) is 17.6. The van der Waals surface area contributed by atoms with Crippen molar-refractivity contribution < 1.29 is 27.6 Å². The van der Waals surface area contributed by atoms with Gasteiger partial charge in [0.15, 0.2) is 0 Å². The van der Waals surface area contributed by atoms with Crippen LogP contribution in [-0.4, -0.2) is 47.2 Å². The van der Waals surface area contributed by atoms with Crippen LogP contribution in [0, 0.1) is 0 Å². The van der Waals surface area contributed by atoms with Crippen LogP contribution in [0.3, 0.4) is 0 Å². The lowest BCUT2D eigenvalue weighted by Gasteiger charge is -2.34. The van der Waals surface area contributed by atoms with E-state index in [4.69, 9.17) is 0 Å². The van der Waals surface area contributed by atoms with Gasteiger partial charge in [-0.05, 0) is 42.7 Å². The summed E-state index contributed by atoms with van der Waals surface area (Å²) in [6.45, 7) is -0.234. The molecule has 1 N–H and O–H groups in total. The number of alkyl halides is 3. The normalized spacial score (nSPS) is 14.0. The standard InChI is InChI=1S/C27H25F3N4O3/c28-27(29,30)22-11-5-4-10-21(22)26(37)33-15-16-34(25(36)18-33)23-14-13-20(17-31-23)32-24(35)12-6-9-19-7-2-1-3-8-19/h1-5,7-8,10-11,13-14,17H,6,9,12,15-16,18H2,(H,32,35). The van der Waals surface area contributed by atoms with Crippen molar-refractivity contribution in [1.82, 2.24) is 9.88 Å². The van der Waals surface area contributed by atoms with Gasteiger partial charge >= 0.3 is 6.18 Å². The number of amides is 3. The smallest absolute Gasteiger partial charge is 0.328 e. The van der Waals surface area contributed by atoms with E-state index in [2.05, 4.69) is 10.3 Å². The Labute approximate surface area is 211 Å². The number of anilines is 2. The number of piperazine rings is 1. The molecule has 1 aliphatic rings. The third kappa shape index (κ3) is 6.52. The minimum Gasteiger partial charge on any atom is -0.328 e. The molecule has 1 aromatic heterocycles. The molecule has 1 aliphatic heterocycles. The molecule has 1 saturated heterocycles. The average Bonchev–Trinajstić information content (AvgIpc) is 2.89. The maximum absolute atomic E-state index is 13.3. The zero-order chi connectivity index (χ0) is 26.4. The SMILES string of the molecule is O=C(CCCc1ccccc1)Nc1ccc(N2CCN(C(=O)c3ccccc3C(F)(F)F)CC2=O)nc1. The van der Waals surface area contributed by atoms with Crippen molar-refractivity contribution in [3.63, 3.8) is 0 Å². The lowest BCUT2D eigenvalue weighted by atomic mass is 10.1. The van der Waals surface area contributed by atoms with Gasteiger partial charge in [0.25, 0.3) is 5.91 Å². The van der Waals surface area contributed by atoms with Gasteiger partial charge in [-0.1, -0.05) is 42.5 Å². The number of pyridine rings is 1. The summed E-state index contributed by atoms with van der Waals surface area (Å²) in [4.78, 5) is 44.4. The van der Waals surface area contributed by atoms with Gasteiger partial charge in [0, 0.05) is 19.5 Å². The molecule has 0 aliphatic carbocycles. The number of hydrogen-bond donors (Lipinski definition) is 1. The number of aryl methyl sites for hydroxylation is 1. The molecule has 2 heterocycles. The van der Waals surface area contributed by atoms with Crippen molar-refractivity contribution in [2.24, 2.45) is 0 Å². The van der Waals surface area contributed by atoms with Crippen LogP contribution in [0.15, 0.2) is 72.9 Å².